The minimum absolute atomic E-state index is 0.0109. The van der Waals surface area contributed by atoms with Gasteiger partial charge in [-0.25, -0.2) is 30.7 Å². The second-order valence-electron chi connectivity index (χ2n) is 7.49. The van der Waals surface area contributed by atoms with Crippen molar-refractivity contribution in [1.82, 2.24) is 0 Å². The standard InChI is InChI=1S/C26H11F7/c27-13-5-6-16(19(28)9-13)25-15-4-2-1-3-14(15)24(12-7-22(31)26(33)23(32)8-12)17-10-20(29)21(30)11-18(17)25/h1-11H. The number of benzene rings is 5. The summed E-state index contributed by atoms with van der Waals surface area (Å²) in [6, 6.07) is 12.3. The Labute approximate surface area is 182 Å². The van der Waals surface area contributed by atoms with Gasteiger partial charge in [0, 0.05) is 17.2 Å². The first-order valence-corrected chi connectivity index (χ1v) is 9.70. The van der Waals surface area contributed by atoms with Gasteiger partial charge in [0.2, 0.25) is 0 Å². The van der Waals surface area contributed by atoms with E-state index < -0.39 is 40.7 Å². The fourth-order valence-corrected chi connectivity index (χ4v) is 4.16. The summed E-state index contributed by atoms with van der Waals surface area (Å²) in [7, 11) is 0. The van der Waals surface area contributed by atoms with Crippen LogP contribution >= 0.6 is 0 Å². The lowest BCUT2D eigenvalue weighted by Crippen LogP contribution is -1.97. The Morgan fingerprint density at radius 3 is 1.55 bits per heavy atom. The van der Waals surface area contributed by atoms with Gasteiger partial charge < -0.3 is 0 Å². The van der Waals surface area contributed by atoms with Crippen LogP contribution in [0, 0.1) is 40.7 Å². The Morgan fingerprint density at radius 2 is 0.970 bits per heavy atom. The van der Waals surface area contributed by atoms with E-state index in [1.165, 1.54) is 6.07 Å². The lowest BCUT2D eigenvalue weighted by Gasteiger charge is -2.18. The molecule has 0 unspecified atom stereocenters. The third-order valence-electron chi connectivity index (χ3n) is 5.54. The first-order valence-electron chi connectivity index (χ1n) is 9.70. The molecule has 0 N–H and O–H groups in total. The van der Waals surface area contributed by atoms with Gasteiger partial charge in [0.1, 0.15) is 11.6 Å². The molecule has 0 amide bonds. The molecule has 164 valence electrons. The van der Waals surface area contributed by atoms with Gasteiger partial charge in [0.25, 0.3) is 0 Å². The Balaban J connectivity index is 2.03. The highest BCUT2D eigenvalue weighted by Gasteiger charge is 2.22. The van der Waals surface area contributed by atoms with Crippen LogP contribution in [0.2, 0.25) is 0 Å². The summed E-state index contributed by atoms with van der Waals surface area (Å²) in [5, 5.41) is 0.691. The Bertz CT molecular complexity index is 1570. The van der Waals surface area contributed by atoms with Crippen LogP contribution in [0.3, 0.4) is 0 Å². The highest BCUT2D eigenvalue weighted by atomic mass is 19.2. The van der Waals surface area contributed by atoms with E-state index in [9.17, 15) is 30.7 Å². The fraction of sp³-hybridized carbons (Fsp3) is 0. The van der Waals surface area contributed by atoms with Crippen molar-refractivity contribution < 1.29 is 30.7 Å². The Kier molecular flexibility index (Phi) is 4.85. The minimum atomic E-state index is -1.67. The molecule has 0 aliphatic heterocycles. The maximum atomic E-state index is 14.8. The molecule has 0 aliphatic rings. The van der Waals surface area contributed by atoms with Gasteiger partial charge in [-0.15, -0.1) is 0 Å². The predicted octanol–water partition coefficient (Wildman–Crippen LogP) is 8.30. The van der Waals surface area contributed by atoms with Crippen molar-refractivity contribution in [2.24, 2.45) is 0 Å². The van der Waals surface area contributed by atoms with E-state index in [0.29, 0.717) is 16.8 Å². The van der Waals surface area contributed by atoms with Gasteiger partial charge in [-0.3, -0.25) is 0 Å². The van der Waals surface area contributed by atoms with Gasteiger partial charge in [0.05, 0.1) is 0 Å². The molecule has 0 fully saturated rings. The molecule has 5 aromatic carbocycles. The molecule has 33 heavy (non-hydrogen) atoms. The van der Waals surface area contributed by atoms with Gasteiger partial charge in [-0.1, -0.05) is 24.3 Å². The van der Waals surface area contributed by atoms with Crippen LogP contribution in [-0.2, 0) is 0 Å². The van der Waals surface area contributed by atoms with Gasteiger partial charge in [0.15, 0.2) is 29.1 Å². The predicted molar refractivity (Wildman–Crippen MR) is 112 cm³/mol. The summed E-state index contributed by atoms with van der Waals surface area (Å²) in [4.78, 5) is 0. The normalized spacial score (nSPS) is 11.5. The molecule has 0 saturated carbocycles. The van der Waals surface area contributed by atoms with Crippen LogP contribution < -0.4 is 0 Å². The van der Waals surface area contributed by atoms with Crippen molar-refractivity contribution in [3.05, 3.63) is 107 Å². The maximum absolute atomic E-state index is 14.8. The molecule has 0 aliphatic carbocycles. The molecule has 0 spiro atoms. The van der Waals surface area contributed by atoms with Crippen molar-refractivity contribution in [3.8, 4) is 22.3 Å². The molecule has 7 heteroatoms. The molecule has 0 saturated heterocycles. The molecule has 0 nitrogen and oxygen atoms in total. The zero-order valence-corrected chi connectivity index (χ0v) is 16.5. The van der Waals surface area contributed by atoms with Crippen molar-refractivity contribution in [2.75, 3.05) is 0 Å². The quantitative estimate of drug-likeness (QED) is 0.142. The molecular weight excluding hydrogens is 445 g/mol. The van der Waals surface area contributed by atoms with E-state index in [-0.39, 0.29) is 33.0 Å². The number of hydrogen-bond donors (Lipinski definition) is 0. The largest absolute Gasteiger partial charge is 0.207 e. The van der Waals surface area contributed by atoms with Crippen LogP contribution in [0.1, 0.15) is 0 Å². The minimum Gasteiger partial charge on any atom is -0.207 e. The van der Waals surface area contributed by atoms with E-state index in [1.54, 1.807) is 24.3 Å². The summed E-state index contributed by atoms with van der Waals surface area (Å²) in [5.74, 6) is -8.82. The molecule has 5 aromatic rings. The number of fused-ring (bicyclic) bond motifs is 2. The van der Waals surface area contributed by atoms with Crippen molar-refractivity contribution in [3.63, 3.8) is 0 Å². The molecule has 0 heterocycles. The van der Waals surface area contributed by atoms with Crippen LogP contribution in [0.25, 0.3) is 43.8 Å². The molecule has 0 aromatic heterocycles. The third kappa shape index (κ3) is 3.31. The van der Waals surface area contributed by atoms with Crippen molar-refractivity contribution in [1.29, 1.82) is 0 Å². The Hall–Kier alpha value is -3.87. The average molecular weight is 456 g/mol. The topological polar surface area (TPSA) is 0 Å². The zero-order valence-electron chi connectivity index (χ0n) is 16.5. The average Bonchev–Trinajstić information content (AvgIpc) is 2.77. The number of hydrogen-bond acceptors (Lipinski definition) is 0. The van der Waals surface area contributed by atoms with Crippen LogP contribution in [0.4, 0.5) is 30.7 Å². The molecule has 5 rings (SSSR count). The summed E-state index contributed by atoms with van der Waals surface area (Å²) in [6.45, 7) is 0. The fourth-order valence-electron chi connectivity index (χ4n) is 4.16. The monoisotopic (exact) mass is 456 g/mol. The smallest absolute Gasteiger partial charge is 0.194 e. The van der Waals surface area contributed by atoms with Crippen LogP contribution in [0.15, 0.2) is 66.7 Å². The van der Waals surface area contributed by atoms with Gasteiger partial charge >= 0.3 is 0 Å². The van der Waals surface area contributed by atoms with Gasteiger partial charge in [-0.05, 0) is 69.1 Å². The second-order valence-corrected chi connectivity index (χ2v) is 7.49. The van der Waals surface area contributed by atoms with Crippen molar-refractivity contribution >= 4 is 21.5 Å². The van der Waals surface area contributed by atoms with E-state index in [4.69, 9.17) is 0 Å². The summed E-state index contributed by atoms with van der Waals surface area (Å²) in [6.07, 6.45) is 0. The van der Waals surface area contributed by atoms with E-state index in [1.807, 2.05) is 0 Å². The SMILES string of the molecule is Fc1ccc(-c2c3ccccc3c(-c3cc(F)c(F)c(F)c3)c3cc(F)c(F)cc23)c(F)c1. The molecule has 0 bridgehead atoms. The summed E-state index contributed by atoms with van der Waals surface area (Å²) in [5.41, 5.74) is 0.0451. The van der Waals surface area contributed by atoms with E-state index >= 15 is 0 Å². The van der Waals surface area contributed by atoms with E-state index in [2.05, 4.69) is 0 Å². The second kappa shape index (κ2) is 7.62. The Morgan fingerprint density at radius 1 is 0.424 bits per heavy atom. The molecule has 0 atom stereocenters. The van der Waals surface area contributed by atoms with Crippen LogP contribution in [-0.4, -0.2) is 0 Å². The third-order valence-corrected chi connectivity index (χ3v) is 5.54. The first-order chi connectivity index (χ1) is 15.8. The highest BCUT2D eigenvalue weighted by Crippen LogP contribution is 2.45. The number of halogens is 7. The first kappa shape index (κ1) is 21.0. The van der Waals surface area contributed by atoms with E-state index in [0.717, 1.165) is 30.3 Å². The lowest BCUT2D eigenvalue weighted by atomic mass is 9.85. The summed E-state index contributed by atoms with van der Waals surface area (Å²) >= 11 is 0. The molecular formula is C26H11F7. The zero-order chi connectivity index (χ0) is 23.4. The van der Waals surface area contributed by atoms with Crippen molar-refractivity contribution in [2.45, 2.75) is 0 Å². The van der Waals surface area contributed by atoms with Gasteiger partial charge in [-0.2, -0.15) is 0 Å². The van der Waals surface area contributed by atoms with Crippen LogP contribution in [0.5, 0.6) is 0 Å². The number of rotatable bonds is 2. The highest BCUT2D eigenvalue weighted by molar-refractivity contribution is 6.21. The maximum Gasteiger partial charge on any atom is 0.194 e. The molecule has 0 radical (unpaired) electrons. The summed E-state index contributed by atoms with van der Waals surface area (Å²) < 4.78 is 98.7. The lowest BCUT2D eigenvalue weighted by molar-refractivity contribution is 0.448.